The van der Waals surface area contributed by atoms with Gasteiger partial charge < -0.3 is 4.90 Å². The Kier molecular flexibility index (Phi) is 4.00. The molecule has 98 valence electrons. The summed E-state index contributed by atoms with van der Waals surface area (Å²) < 4.78 is 0. The third kappa shape index (κ3) is 3.02. The third-order valence-corrected chi connectivity index (χ3v) is 3.08. The number of carbonyl (C=O) groups is 1. The second kappa shape index (κ2) is 5.70. The normalized spacial score (nSPS) is 10.5. The number of nitrogens with zero attached hydrogens (tertiary/aromatic N) is 1. The van der Waals surface area contributed by atoms with E-state index in [2.05, 4.69) is 49.9 Å². The third-order valence-electron chi connectivity index (χ3n) is 3.08. The second-order valence-electron chi connectivity index (χ2n) is 5.02. The van der Waals surface area contributed by atoms with Crippen LogP contribution in [-0.2, 0) is 0 Å². The monoisotopic (exact) mass is 253 g/mol. The van der Waals surface area contributed by atoms with Crippen LogP contribution in [0.15, 0.2) is 48.5 Å². The average molecular weight is 253 g/mol. The topological polar surface area (TPSA) is 20.3 Å². The fourth-order valence-electron chi connectivity index (χ4n) is 2.27. The first-order valence-corrected chi connectivity index (χ1v) is 6.53. The zero-order valence-corrected chi connectivity index (χ0v) is 11.6. The lowest BCUT2D eigenvalue weighted by Gasteiger charge is -2.29. The molecule has 0 saturated heterocycles. The molecule has 2 nitrogen and oxygen atoms in total. The molecule has 19 heavy (non-hydrogen) atoms. The molecular weight excluding hydrogens is 234 g/mol. The summed E-state index contributed by atoms with van der Waals surface area (Å²) in [7, 11) is 0. The Morgan fingerprint density at radius 3 is 2.21 bits per heavy atom. The number of aryl methyl sites for hydroxylation is 1. The number of benzene rings is 2. The fraction of sp³-hybridized carbons (Fsp3) is 0.235. The summed E-state index contributed by atoms with van der Waals surface area (Å²) in [6.45, 7) is 6.38. The van der Waals surface area contributed by atoms with Crippen LogP contribution in [0.2, 0.25) is 0 Å². The molecule has 0 N–H and O–H groups in total. The van der Waals surface area contributed by atoms with E-state index in [1.165, 1.54) is 5.56 Å². The highest BCUT2D eigenvalue weighted by Gasteiger charge is 2.13. The Hall–Kier alpha value is -2.09. The van der Waals surface area contributed by atoms with Crippen molar-refractivity contribution < 1.29 is 4.79 Å². The Balaban J connectivity index is 2.48. The molecule has 0 unspecified atom stereocenters. The standard InChI is InChI=1S/C17H19NO/c1-13(2)18(16-8-4-6-14(3)10-16)17-9-5-7-15(11-17)12-19/h4-13H,1-3H3. The largest absolute Gasteiger partial charge is 0.339 e. The van der Waals surface area contributed by atoms with Crippen molar-refractivity contribution >= 4 is 17.7 Å². The summed E-state index contributed by atoms with van der Waals surface area (Å²) in [5.41, 5.74) is 4.13. The minimum absolute atomic E-state index is 0.323. The van der Waals surface area contributed by atoms with Gasteiger partial charge in [-0.05, 0) is 50.6 Å². The van der Waals surface area contributed by atoms with E-state index in [-0.39, 0.29) is 0 Å². The van der Waals surface area contributed by atoms with Gasteiger partial charge >= 0.3 is 0 Å². The lowest BCUT2D eigenvalue weighted by atomic mass is 10.1. The summed E-state index contributed by atoms with van der Waals surface area (Å²) in [6.07, 6.45) is 0.887. The fourth-order valence-corrected chi connectivity index (χ4v) is 2.27. The molecule has 2 aromatic rings. The van der Waals surface area contributed by atoms with Gasteiger partial charge in [0.05, 0.1) is 0 Å². The van der Waals surface area contributed by atoms with E-state index >= 15 is 0 Å². The summed E-state index contributed by atoms with van der Waals surface area (Å²) in [5, 5.41) is 0. The molecule has 0 aliphatic carbocycles. The van der Waals surface area contributed by atoms with Crippen LogP contribution in [0, 0.1) is 6.92 Å². The molecule has 0 atom stereocenters. The van der Waals surface area contributed by atoms with Crippen molar-refractivity contribution in [3.05, 3.63) is 59.7 Å². The first-order valence-electron chi connectivity index (χ1n) is 6.53. The number of hydrogen-bond acceptors (Lipinski definition) is 2. The van der Waals surface area contributed by atoms with Crippen molar-refractivity contribution in [2.75, 3.05) is 4.90 Å². The molecule has 0 amide bonds. The van der Waals surface area contributed by atoms with Crippen molar-refractivity contribution in [1.29, 1.82) is 0 Å². The Morgan fingerprint density at radius 2 is 1.63 bits per heavy atom. The van der Waals surface area contributed by atoms with E-state index in [1.807, 2.05) is 24.3 Å². The molecule has 2 rings (SSSR count). The highest BCUT2D eigenvalue weighted by molar-refractivity contribution is 5.78. The van der Waals surface area contributed by atoms with Gasteiger partial charge in [-0.25, -0.2) is 0 Å². The Bertz CT molecular complexity index is 575. The first-order chi connectivity index (χ1) is 9.11. The van der Waals surface area contributed by atoms with Crippen molar-refractivity contribution in [2.24, 2.45) is 0 Å². The van der Waals surface area contributed by atoms with Gasteiger partial charge in [-0.1, -0.05) is 24.3 Å². The number of rotatable bonds is 4. The molecule has 2 aromatic carbocycles. The maximum Gasteiger partial charge on any atom is 0.150 e. The molecular formula is C17H19NO. The van der Waals surface area contributed by atoms with Crippen LogP contribution in [0.5, 0.6) is 0 Å². The van der Waals surface area contributed by atoms with Gasteiger partial charge in [0, 0.05) is 23.0 Å². The van der Waals surface area contributed by atoms with Crippen LogP contribution in [0.3, 0.4) is 0 Å². The highest BCUT2D eigenvalue weighted by atomic mass is 16.1. The minimum atomic E-state index is 0.323. The van der Waals surface area contributed by atoms with Crippen LogP contribution in [-0.4, -0.2) is 12.3 Å². The van der Waals surface area contributed by atoms with Gasteiger partial charge in [0.2, 0.25) is 0 Å². The number of hydrogen-bond donors (Lipinski definition) is 0. The highest BCUT2D eigenvalue weighted by Crippen LogP contribution is 2.28. The predicted molar refractivity (Wildman–Crippen MR) is 80.3 cm³/mol. The minimum Gasteiger partial charge on any atom is -0.339 e. The van der Waals surface area contributed by atoms with Crippen LogP contribution >= 0.6 is 0 Å². The molecule has 0 aromatic heterocycles. The Labute approximate surface area is 114 Å². The summed E-state index contributed by atoms with van der Waals surface area (Å²) >= 11 is 0. The van der Waals surface area contributed by atoms with E-state index in [4.69, 9.17) is 0 Å². The van der Waals surface area contributed by atoms with Gasteiger partial charge in [-0.15, -0.1) is 0 Å². The lowest BCUT2D eigenvalue weighted by Crippen LogP contribution is -2.25. The first kappa shape index (κ1) is 13.3. The van der Waals surface area contributed by atoms with Crippen molar-refractivity contribution in [1.82, 2.24) is 0 Å². The molecule has 0 fully saturated rings. The second-order valence-corrected chi connectivity index (χ2v) is 5.02. The smallest absolute Gasteiger partial charge is 0.150 e. The maximum atomic E-state index is 10.9. The maximum absolute atomic E-state index is 10.9. The molecule has 0 saturated carbocycles. The van der Waals surface area contributed by atoms with Gasteiger partial charge in [0.25, 0.3) is 0 Å². The van der Waals surface area contributed by atoms with Crippen molar-refractivity contribution in [3.63, 3.8) is 0 Å². The zero-order chi connectivity index (χ0) is 13.8. The van der Waals surface area contributed by atoms with E-state index in [0.717, 1.165) is 17.7 Å². The Morgan fingerprint density at radius 1 is 1.00 bits per heavy atom. The molecule has 2 heteroatoms. The number of carbonyl (C=O) groups excluding carboxylic acids is 1. The van der Waals surface area contributed by atoms with Crippen LogP contribution in [0.25, 0.3) is 0 Å². The predicted octanol–water partition coefficient (Wildman–Crippen LogP) is 4.35. The van der Waals surface area contributed by atoms with E-state index < -0.39 is 0 Å². The molecule has 0 aliphatic rings. The van der Waals surface area contributed by atoms with Gasteiger partial charge in [0.1, 0.15) is 6.29 Å². The lowest BCUT2D eigenvalue weighted by molar-refractivity contribution is 0.112. The summed E-state index contributed by atoms with van der Waals surface area (Å²) in [4.78, 5) is 13.2. The zero-order valence-electron chi connectivity index (χ0n) is 11.6. The number of aldehydes is 1. The quantitative estimate of drug-likeness (QED) is 0.755. The summed E-state index contributed by atoms with van der Waals surface area (Å²) in [6, 6.07) is 16.4. The van der Waals surface area contributed by atoms with E-state index in [9.17, 15) is 4.79 Å². The summed E-state index contributed by atoms with van der Waals surface area (Å²) in [5.74, 6) is 0. The molecule has 0 radical (unpaired) electrons. The van der Waals surface area contributed by atoms with Crippen molar-refractivity contribution in [2.45, 2.75) is 26.8 Å². The molecule has 0 bridgehead atoms. The molecule has 0 heterocycles. The van der Waals surface area contributed by atoms with Crippen molar-refractivity contribution in [3.8, 4) is 0 Å². The molecule has 0 spiro atoms. The average Bonchev–Trinajstić information content (AvgIpc) is 2.39. The molecule has 0 aliphatic heterocycles. The van der Waals surface area contributed by atoms with Gasteiger partial charge in [-0.3, -0.25) is 4.79 Å². The van der Waals surface area contributed by atoms with Gasteiger partial charge in [0.15, 0.2) is 0 Å². The number of anilines is 2. The van der Waals surface area contributed by atoms with Gasteiger partial charge in [-0.2, -0.15) is 0 Å². The SMILES string of the molecule is Cc1cccc(N(c2cccc(C=O)c2)C(C)C)c1. The van der Waals surface area contributed by atoms with E-state index in [0.29, 0.717) is 11.6 Å². The van der Waals surface area contributed by atoms with Crippen LogP contribution < -0.4 is 4.90 Å². The van der Waals surface area contributed by atoms with Crippen LogP contribution in [0.1, 0.15) is 29.8 Å². The van der Waals surface area contributed by atoms with E-state index in [1.54, 1.807) is 0 Å². The van der Waals surface area contributed by atoms with Crippen LogP contribution in [0.4, 0.5) is 11.4 Å².